The molecule has 1 fully saturated rings. The highest BCUT2D eigenvalue weighted by Crippen LogP contribution is 2.29. The van der Waals surface area contributed by atoms with E-state index in [-0.39, 0.29) is 0 Å². The van der Waals surface area contributed by atoms with Crippen LogP contribution in [0.2, 0.25) is 0 Å². The number of anilines is 1. The Hall–Kier alpha value is -1.69. The molecule has 0 saturated carbocycles. The number of hydrogen-bond donors (Lipinski definition) is 0. The molecular weight excluding hydrogens is 288 g/mol. The normalized spacial score (nSPS) is 19.2. The lowest BCUT2D eigenvalue weighted by Gasteiger charge is -2.35. The molecule has 23 heavy (non-hydrogen) atoms. The van der Waals surface area contributed by atoms with E-state index in [1.807, 2.05) is 4.52 Å². The van der Waals surface area contributed by atoms with Crippen LogP contribution in [0.5, 0.6) is 0 Å². The van der Waals surface area contributed by atoms with E-state index in [2.05, 4.69) is 59.1 Å². The molecule has 126 valence electrons. The Morgan fingerprint density at radius 3 is 2.91 bits per heavy atom. The number of fused-ring (bicyclic) bond motifs is 1. The van der Waals surface area contributed by atoms with Gasteiger partial charge < -0.3 is 9.80 Å². The predicted molar refractivity (Wildman–Crippen MR) is 93.0 cm³/mol. The van der Waals surface area contributed by atoms with E-state index in [1.165, 1.54) is 24.9 Å². The van der Waals surface area contributed by atoms with E-state index in [9.17, 15) is 0 Å². The Kier molecular flexibility index (Phi) is 4.80. The van der Waals surface area contributed by atoms with E-state index in [0.717, 1.165) is 36.9 Å². The molecule has 2 aromatic rings. The van der Waals surface area contributed by atoms with Gasteiger partial charge in [0.1, 0.15) is 6.33 Å². The van der Waals surface area contributed by atoms with Crippen LogP contribution >= 0.6 is 0 Å². The van der Waals surface area contributed by atoms with Gasteiger partial charge in [0.2, 0.25) is 5.65 Å². The maximum Gasteiger partial charge on any atom is 0.200 e. The van der Waals surface area contributed by atoms with Crippen LogP contribution in [0.25, 0.3) is 5.65 Å². The van der Waals surface area contributed by atoms with E-state index in [4.69, 9.17) is 0 Å². The average molecular weight is 316 g/mol. The molecule has 1 unspecified atom stereocenters. The molecule has 1 saturated heterocycles. The summed E-state index contributed by atoms with van der Waals surface area (Å²) in [5.74, 6) is 1.15. The molecule has 1 aliphatic heterocycles. The maximum atomic E-state index is 4.63. The summed E-state index contributed by atoms with van der Waals surface area (Å²) in [4.78, 5) is 4.76. The Balaban J connectivity index is 1.85. The third kappa shape index (κ3) is 3.63. The number of hydrogen-bond acceptors (Lipinski definition) is 5. The molecule has 0 amide bonds. The van der Waals surface area contributed by atoms with E-state index >= 15 is 0 Å². The Labute approximate surface area is 138 Å². The topological polar surface area (TPSA) is 49.6 Å². The van der Waals surface area contributed by atoms with Gasteiger partial charge in [-0.15, -0.1) is 10.2 Å². The minimum absolute atomic E-state index is 0.398. The van der Waals surface area contributed by atoms with Crippen LogP contribution in [0.15, 0.2) is 12.4 Å². The number of nitrogens with zero attached hydrogens (tertiary/aromatic N) is 6. The van der Waals surface area contributed by atoms with E-state index in [1.54, 1.807) is 6.33 Å². The van der Waals surface area contributed by atoms with Gasteiger partial charge in [-0.05, 0) is 57.8 Å². The van der Waals surface area contributed by atoms with Crippen molar-refractivity contribution >= 4 is 11.3 Å². The van der Waals surface area contributed by atoms with Gasteiger partial charge in [-0.1, -0.05) is 13.8 Å². The summed E-state index contributed by atoms with van der Waals surface area (Å²) in [6, 6.07) is 2.21. The molecule has 1 atom stereocenters. The van der Waals surface area contributed by atoms with Crippen LogP contribution in [0, 0.1) is 5.92 Å². The van der Waals surface area contributed by atoms with Gasteiger partial charge in [0, 0.05) is 13.1 Å². The lowest BCUT2D eigenvalue weighted by atomic mass is 9.94. The van der Waals surface area contributed by atoms with Gasteiger partial charge >= 0.3 is 0 Å². The summed E-state index contributed by atoms with van der Waals surface area (Å²) in [6.45, 7) is 7.73. The molecule has 0 spiro atoms. The molecule has 6 nitrogen and oxygen atoms in total. The average Bonchev–Trinajstić information content (AvgIpc) is 3.00. The van der Waals surface area contributed by atoms with Gasteiger partial charge in [0.15, 0.2) is 0 Å². The summed E-state index contributed by atoms with van der Waals surface area (Å²) < 4.78 is 1.83. The number of rotatable bonds is 5. The third-order valence-corrected chi connectivity index (χ3v) is 4.70. The first-order chi connectivity index (χ1) is 11.0. The summed E-state index contributed by atoms with van der Waals surface area (Å²) in [6.07, 6.45) is 5.54. The van der Waals surface area contributed by atoms with Crippen molar-refractivity contribution in [1.82, 2.24) is 24.7 Å². The van der Waals surface area contributed by atoms with Gasteiger partial charge in [-0.25, -0.2) is 0 Å². The molecule has 0 radical (unpaired) electrons. The highest BCUT2D eigenvalue weighted by Gasteiger charge is 2.23. The summed E-state index contributed by atoms with van der Waals surface area (Å²) >= 11 is 0. The summed E-state index contributed by atoms with van der Waals surface area (Å²) in [5.41, 5.74) is 3.17. The first-order valence-corrected chi connectivity index (χ1v) is 8.65. The zero-order valence-electron chi connectivity index (χ0n) is 14.7. The summed E-state index contributed by atoms with van der Waals surface area (Å²) in [5, 5.41) is 13.0. The Morgan fingerprint density at radius 1 is 1.35 bits per heavy atom. The molecule has 2 aromatic heterocycles. The van der Waals surface area contributed by atoms with Gasteiger partial charge in [0.05, 0.1) is 11.4 Å². The Morgan fingerprint density at radius 2 is 2.17 bits per heavy atom. The van der Waals surface area contributed by atoms with E-state index in [0.29, 0.717) is 5.92 Å². The van der Waals surface area contributed by atoms with E-state index < -0.39 is 0 Å². The lowest BCUT2D eigenvalue weighted by Crippen LogP contribution is -2.37. The van der Waals surface area contributed by atoms with Gasteiger partial charge in [-0.2, -0.15) is 9.61 Å². The van der Waals surface area contributed by atoms with Crippen LogP contribution < -0.4 is 4.90 Å². The molecule has 6 heteroatoms. The number of aromatic nitrogens is 4. The summed E-state index contributed by atoms with van der Waals surface area (Å²) in [7, 11) is 4.30. The van der Waals surface area contributed by atoms with Crippen molar-refractivity contribution in [1.29, 1.82) is 0 Å². The van der Waals surface area contributed by atoms with Crippen molar-refractivity contribution in [3.8, 4) is 0 Å². The smallest absolute Gasteiger partial charge is 0.200 e. The molecule has 1 aliphatic rings. The molecule has 0 aliphatic carbocycles. The fourth-order valence-electron chi connectivity index (χ4n) is 3.30. The van der Waals surface area contributed by atoms with Crippen LogP contribution in [0.1, 0.15) is 44.7 Å². The van der Waals surface area contributed by atoms with Crippen molar-refractivity contribution in [2.45, 2.75) is 39.0 Å². The first kappa shape index (κ1) is 16.2. The zero-order valence-corrected chi connectivity index (χ0v) is 14.7. The van der Waals surface area contributed by atoms with Crippen LogP contribution in [0.3, 0.4) is 0 Å². The second-order valence-electron chi connectivity index (χ2n) is 7.25. The van der Waals surface area contributed by atoms with Crippen molar-refractivity contribution in [2.24, 2.45) is 5.92 Å². The van der Waals surface area contributed by atoms with Crippen molar-refractivity contribution < 1.29 is 0 Å². The number of piperidine rings is 1. The second-order valence-corrected chi connectivity index (χ2v) is 7.25. The highest BCUT2D eigenvalue weighted by atomic mass is 15.4. The first-order valence-electron chi connectivity index (χ1n) is 8.65. The van der Waals surface area contributed by atoms with Gasteiger partial charge in [-0.3, -0.25) is 0 Å². The minimum atomic E-state index is 0.398. The highest BCUT2D eigenvalue weighted by molar-refractivity contribution is 5.68. The monoisotopic (exact) mass is 316 g/mol. The van der Waals surface area contributed by atoms with Crippen LogP contribution in [0.4, 0.5) is 5.69 Å². The van der Waals surface area contributed by atoms with Crippen LogP contribution in [-0.2, 0) is 0 Å². The van der Waals surface area contributed by atoms with Crippen molar-refractivity contribution in [3.05, 3.63) is 18.1 Å². The Bertz CT molecular complexity index is 648. The minimum Gasteiger partial charge on any atom is -0.368 e. The van der Waals surface area contributed by atoms with Crippen LogP contribution in [-0.4, -0.2) is 58.4 Å². The standard InChI is InChI=1S/C17H28N6/c1-13(2)15-10-16(17-19-18-12-23(17)20-15)22-8-5-6-14(11-22)7-9-21(3)4/h10,12-14H,5-9,11H2,1-4H3. The second kappa shape index (κ2) is 6.83. The largest absolute Gasteiger partial charge is 0.368 e. The van der Waals surface area contributed by atoms with Crippen molar-refractivity contribution in [3.63, 3.8) is 0 Å². The molecule has 3 heterocycles. The third-order valence-electron chi connectivity index (χ3n) is 4.70. The quantitative estimate of drug-likeness (QED) is 0.848. The predicted octanol–water partition coefficient (Wildman–Crippen LogP) is 2.42. The lowest BCUT2D eigenvalue weighted by molar-refractivity contribution is 0.319. The SMILES string of the molecule is CC(C)c1cc(N2CCCC(CCN(C)C)C2)c2nncn2n1. The fraction of sp³-hybridized carbons (Fsp3) is 0.706. The zero-order chi connectivity index (χ0) is 16.4. The molecule has 0 aromatic carbocycles. The fourth-order valence-corrected chi connectivity index (χ4v) is 3.30. The molecular formula is C17H28N6. The molecule has 0 N–H and O–H groups in total. The van der Waals surface area contributed by atoms with Gasteiger partial charge in [0.25, 0.3) is 0 Å². The molecule has 3 rings (SSSR count). The van der Waals surface area contributed by atoms with Crippen molar-refractivity contribution in [2.75, 3.05) is 38.6 Å². The molecule has 0 bridgehead atoms. The maximum absolute atomic E-state index is 4.63.